The van der Waals surface area contributed by atoms with Crippen molar-refractivity contribution >= 4 is 9.84 Å². The van der Waals surface area contributed by atoms with Crippen LogP contribution >= 0.6 is 0 Å². The predicted octanol–water partition coefficient (Wildman–Crippen LogP) is 3.42. The lowest BCUT2D eigenvalue weighted by Gasteiger charge is -2.54. The second-order valence-corrected chi connectivity index (χ2v) is 11.5. The van der Waals surface area contributed by atoms with Crippen LogP contribution in [0.5, 0.6) is 0 Å². The lowest BCUT2D eigenvalue weighted by atomic mass is 9.56. The molecule has 5 aliphatic heterocycles. The molecule has 3 aromatic carbocycles. The lowest BCUT2D eigenvalue weighted by Crippen LogP contribution is -2.67. The van der Waals surface area contributed by atoms with Crippen molar-refractivity contribution in [1.82, 2.24) is 5.32 Å². The smallest absolute Gasteiger partial charge is 0.166 e. The van der Waals surface area contributed by atoms with Gasteiger partial charge in [0.25, 0.3) is 0 Å². The average molecular weight is 430 g/mol. The first kappa shape index (κ1) is 18.1. The molecule has 0 saturated carbocycles. The summed E-state index contributed by atoms with van der Waals surface area (Å²) in [6, 6.07) is 29.1. The fraction of sp³-hybridized carbons (Fsp3) is 0.308. The number of nitrogens with one attached hydrogen (secondary N) is 1. The van der Waals surface area contributed by atoms with Crippen LogP contribution in [0.25, 0.3) is 0 Å². The van der Waals surface area contributed by atoms with Gasteiger partial charge in [0.05, 0.1) is 5.75 Å². The van der Waals surface area contributed by atoms with Crippen molar-refractivity contribution in [3.63, 3.8) is 0 Å². The molecular formula is C26H23NO3S. The highest BCUT2D eigenvalue weighted by molar-refractivity contribution is 7.92. The van der Waals surface area contributed by atoms with Crippen LogP contribution in [-0.2, 0) is 25.8 Å². The van der Waals surface area contributed by atoms with E-state index in [0.717, 1.165) is 23.2 Å². The highest BCUT2D eigenvalue weighted by Crippen LogP contribution is 2.72. The molecule has 3 aromatic rings. The fourth-order valence-corrected chi connectivity index (χ4v) is 9.43. The molecule has 0 amide bonds. The standard InChI is InChI=1S/C26H23NO3S/c28-31(29)16-17-15-27-24(31)23-22(17)25(18-9-3-1-4-10-18)20-13-7-8-14-21(20)26(23,30-25)19-11-5-2-6-12-19/h1-14,17,22-24,27H,15-16H2/t17-,22-,23-,24-,25+,26+/m1/s1. The van der Waals surface area contributed by atoms with E-state index in [1.165, 1.54) is 5.56 Å². The maximum atomic E-state index is 13.3. The molecule has 31 heavy (non-hydrogen) atoms. The van der Waals surface area contributed by atoms with E-state index in [9.17, 15) is 8.42 Å². The van der Waals surface area contributed by atoms with Crippen LogP contribution in [0.1, 0.15) is 22.3 Å². The molecule has 4 bridgehead atoms. The monoisotopic (exact) mass is 429 g/mol. The molecule has 5 heteroatoms. The molecule has 4 nitrogen and oxygen atoms in total. The number of ether oxygens (including phenoxy) is 1. The summed E-state index contributed by atoms with van der Waals surface area (Å²) in [6.45, 7) is 0.718. The van der Waals surface area contributed by atoms with Gasteiger partial charge in [-0.25, -0.2) is 8.42 Å². The van der Waals surface area contributed by atoms with Gasteiger partial charge in [-0.2, -0.15) is 0 Å². The molecule has 1 N–H and O–H groups in total. The molecule has 4 fully saturated rings. The van der Waals surface area contributed by atoms with E-state index in [4.69, 9.17) is 4.74 Å². The Balaban J connectivity index is 1.61. The van der Waals surface area contributed by atoms with Gasteiger partial charge in [0.15, 0.2) is 9.84 Å². The number of rotatable bonds is 2. The second kappa shape index (κ2) is 5.85. The van der Waals surface area contributed by atoms with Gasteiger partial charge in [-0.05, 0) is 28.2 Å². The minimum absolute atomic E-state index is 0.0131. The zero-order valence-corrected chi connectivity index (χ0v) is 17.8. The summed E-state index contributed by atoms with van der Waals surface area (Å²) in [5.74, 6) is 0.165. The Morgan fingerprint density at radius 1 is 0.742 bits per heavy atom. The van der Waals surface area contributed by atoms with Gasteiger partial charge >= 0.3 is 0 Å². The highest BCUT2D eigenvalue weighted by atomic mass is 32.2. The van der Waals surface area contributed by atoms with E-state index >= 15 is 0 Å². The van der Waals surface area contributed by atoms with Crippen LogP contribution in [0.15, 0.2) is 84.9 Å². The normalized spacial score (nSPS) is 38.6. The summed E-state index contributed by atoms with van der Waals surface area (Å²) in [5.41, 5.74) is 3.03. The Bertz CT molecular complexity index is 1290. The third-order valence-electron chi connectivity index (χ3n) is 8.03. The number of sulfone groups is 1. The SMILES string of the molecule is O=S1(=O)C[C@H]2CN[C@H]1[C@H]1[C@@H]2[C@@]2(c3ccccc3)O[C@@]1(c1ccccc1)c1ccccc12. The maximum absolute atomic E-state index is 13.3. The second-order valence-electron chi connectivity index (χ2n) is 9.32. The zero-order valence-electron chi connectivity index (χ0n) is 16.9. The number of benzene rings is 3. The van der Waals surface area contributed by atoms with Crippen LogP contribution < -0.4 is 5.32 Å². The molecule has 5 aliphatic rings. The van der Waals surface area contributed by atoms with Crippen molar-refractivity contribution in [3.8, 4) is 0 Å². The molecule has 156 valence electrons. The summed E-state index contributed by atoms with van der Waals surface area (Å²) in [6.07, 6.45) is 0. The molecule has 0 radical (unpaired) electrons. The summed E-state index contributed by atoms with van der Waals surface area (Å²) in [4.78, 5) is 0. The predicted molar refractivity (Wildman–Crippen MR) is 118 cm³/mol. The van der Waals surface area contributed by atoms with Crippen LogP contribution in [-0.4, -0.2) is 26.1 Å². The summed E-state index contributed by atoms with van der Waals surface area (Å²) < 4.78 is 33.8. The first-order valence-corrected chi connectivity index (χ1v) is 12.7. The van der Waals surface area contributed by atoms with E-state index in [1.807, 2.05) is 30.3 Å². The van der Waals surface area contributed by atoms with Crippen LogP contribution in [0.2, 0.25) is 0 Å². The molecule has 5 heterocycles. The molecule has 0 unspecified atom stereocenters. The van der Waals surface area contributed by atoms with Gasteiger partial charge in [-0.15, -0.1) is 0 Å². The van der Waals surface area contributed by atoms with Gasteiger partial charge in [-0.1, -0.05) is 84.9 Å². The minimum Gasteiger partial charge on any atom is -0.349 e. The molecule has 4 saturated heterocycles. The number of hydrogen-bond acceptors (Lipinski definition) is 4. The molecule has 8 rings (SSSR count). The van der Waals surface area contributed by atoms with Crippen molar-refractivity contribution in [2.24, 2.45) is 17.8 Å². The largest absolute Gasteiger partial charge is 0.349 e. The fourth-order valence-electron chi connectivity index (χ4n) is 7.14. The number of fused-ring (bicyclic) bond motifs is 7. The number of piperidine rings is 1. The van der Waals surface area contributed by atoms with Crippen molar-refractivity contribution < 1.29 is 13.2 Å². The Kier molecular flexibility index (Phi) is 3.42. The van der Waals surface area contributed by atoms with Crippen molar-refractivity contribution in [2.45, 2.75) is 16.6 Å². The first-order valence-electron chi connectivity index (χ1n) is 11.0. The Labute approximate surface area is 182 Å². The van der Waals surface area contributed by atoms with Crippen molar-refractivity contribution in [1.29, 1.82) is 0 Å². The first-order chi connectivity index (χ1) is 15.1. The van der Waals surface area contributed by atoms with Gasteiger partial charge in [0, 0.05) is 18.4 Å². The quantitative estimate of drug-likeness (QED) is 0.678. The highest BCUT2D eigenvalue weighted by Gasteiger charge is 2.77. The van der Waals surface area contributed by atoms with Gasteiger partial charge < -0.3 is 10.1 Å². The van der Waals surface area contributed by atoms with E-state index in [0.29, 0.717) is 0 Å². The molecule has 0 aromatic heterocycles. The molecule has 0 aliphatic carbocycles. The van der Waals surface area contributed by atoms with E-state index in [-0.39, 0.29) is 23.5 Å². The van der Waals surface area contributed by atoms with Gasteiger partial charge in [0.2, 0.25) is 0 Å². The topological polar surface area (TPSA) is 55.4 Å². The third-order valence-corrected chi connectivity index (χ3v) is 10.2. The Morgan fingerprint density at radius 3 is 1.81 bits per heavy atom. The van der Waals surface area contributed by atoms with E-state index < -0.39 is 26.4 Å². The third kappa shape index (κ3) is 2.01. The Morgan fingerprint density at radius 2 is 1.26 bits per heavy atom. The van der Waals surface area contributed by atoms with Gasteiger partial charge in [0.1, 0.15) is 16.6 Å². The maximum Gasteiger partial charge on any atom is 0.166 e. The van der Waals surface area contributed by atoms with E-state index in [2.05, 4.69) is 59.9 Å². The van der Waals surface area contributed by atoms with Crippen LogP contribution in [0, 0.1) is 17.8 Å². The van der Waals surface area contributed by atoms with Gasteiger partial charge in [-0.3, -0.25) is 0 Å². The molecule has 6 atom stereocenters. The van der Waals surface area contributed by atoms with E-state index in [1.54, 1.807) is 0 Å². The summed E-state index contributed by atoms with van der Waals surface area (Å²) >= 11 is 0. The molecular weight excluding hydrogens is 406 g/mol. The number of hydrogen-bond donors (Lipinski definition) is 1. The lowest BCUT2D eigenvalue weighted by molar-refractivity contribution is -0.0587. The van der Waals surface area contributed by atoms with Crippen LogP contribution in [0.4, 0.5) is 0 Å². The summed E-state index contributed by atoms with van der Waals surface area (Å²) in [7, 11) is -3.25. The minimum atomic E-state index is -3.25. The van der Waals surface area contributed by atoms with Crippen LogP contribution in [0.3, 0.4) is 0 Å². The van der Waals surface area contributed by atoms with Crippen molar-refractivity contribution in [3.05, 3.63) is 107 Å². The zero-order chi connectivity index (χ0) is 20.8. The summed E-state index contributed by atoms with van der Waals surface area (Å²) in [5, 5.41) is 2.80. The van der Waals surface area contributed by atoms with Crippen molar-refractivity contribution in [2.75, 3.05) is 12.3 Å². The molecule has 0 spiro atoms. The Hall–Kier alpha value is -2.47. The average Bonchev–Trinajstić information content (AvgIpc) is 3.31.